The Morgan fingerprint density at radius 2 is 1.95 bits per heavy atom. The van der Waals surface area contributed by atoms with Crippen LogP contribution in [0.4, 0.5) is 0 Å². The van der Waals surface area contributed by atoms with Gasteiger partial charge in [-0.05, 0) is 18.3 Å². The highest BCUT2D eigenvalue weighted by molar-refractivity contribution is 6.16. The molecule has 0 aromatic carbocycles. The Kier molecular flexibility index (Phi) is 4.43. The average molecular weight is 297 g/mol. The van der Waals surface area contributed by atoms with E-state index < -0.39 is 0 Å². The lowest BCUT2D eigenvalue weighted by atomic mass is 9.90. The third-order valence-electron chi connectivity index (χ3n) is 4.02. The van der Waals surface area contributed by atoms with E-state index in [9.17, 15) is 0 Å². The third kappa shape index (κ3) is 2.71. The van der Waals surface area contributed by atoms with Gasteiger partial charge in [0.15, 0.2) is 5.65 Å². The zero-order valence-electron chi connectivity index (χ0n) is 13.2. The number of halogens is 1. The lowest BCUT2D eigenvalue weighted by Crippen LogP contribution is -2.21. The molecule has 4 nitrogen and oxygen atoms in total. The van der Waals surface area contributed by atoms with Gasteiger partial charge in [-0.3, -0.25) is 4.68 Å². The van der Waals surface area contributed by atoms with Gasteiger partial charge in [-0.15, -0.1) is 11.6 Å². The van der Waals surface area contributed by atoms with Gasteiger partial charge in [-0.2, -0.15) is 5.10 Å². The third-order valence-corrected chi connectivity index (χ3v) is 4.26. The van der Waals surface area contributed by atoms with Crippen molar-refractivity contribution in [2.45, 2.75) is 59.4 Å². The fourth-order valence-electron chi connectivity index (χ4n) is 2.50. The largest absolute Gasteiger partial charge is 0.311 e. The Morgan fingerprint density at radius 3 is 2.50 bits per heavy atom. The first-order valence-electron chi connectivity index (χ1n) is 7.40. The Hall–Kier alpha value is -1.03. The number of aryl methyl sites for hydroxylation is 2. The zero-order chi connectivity index (χ0) is 14.9. The summed E-state index contributed by atoms with van der Waals surface area (Å²) in [6.07, 6.45) is 3.16. The number of alkyl halides is 1. The Balaban J connectivity index is 2.57. The van der Waals surface area contributed by atoms with Crippen molar-refractivity contribution >= 4 is 22.8 Å². The van der Waals surface area contributed by atoms with E-state index in [1.165, 1.54) is 0 Å². The summed E-state index contributed by atoms with van der Waals surface area (Å²) in [5, 5.41) is 4.62. The van der Waals surface area contributed by atoms with E-state index in [0.29, 0.717) is 5.88 Å². The molecule has 20 heavy (non-hydrogen) atoms. The van der Waals surface area contributed by atoms with E-state index in [1.54, 1.807) is 0 Å². The Labute approximate surface area is 126 Å². The molecule has 0 amide bonds. The van der Waals surface area contributed by atoms with Gasteiger partial charge in [0.1, 0.15) is 11.3 Å². The molecule has 0 aliphatic rings. The highest BCUT2D eigenvalue weighted by Gasteiger charge is 2.23. The van der Waals surface area contributed by atoms with Gasteiger partial charge in [0, 0.05) is 13.6 Å². The fraction of sp³-hybridized carbons (Fsp3) is 0.733. The normalized spacial score (nSPS) is 12.5. The minimum Gasteiger partial charge on any atom is -0.311 e. The molecule has 0 spiro atoms. The van der Waals surface area contributed by atoms with Gasteiger partial charge < -0.3 is 4.57 Å². The Bertz CT molecular complexity index is 595. The van der Waals surface area contributed by atoms with Crippen molar-refractivity contribution in [3.05, 3.63) is 11.5 Å². The molecule has 5 heteroatoms. The van der Waals surface area contributed by atoms with E-state index in [0.717, 1.165) is 48.5 Å². The summed E-state index contributed by atoms with van der Waals surface area (Å²) >= 11 is 6.10. The fourth-order valence-corrected chi connectivity index (χ4v) is 2.70. The molecular formula is C15H25ClN4. The van der Waals surface area contributed by atoms with E-state index in [4.69, 9.17) is 16.6 Å². The quantitative estimate of drug-likeness (QED) is 0.758. The van der Waals surface area contributed by atoms with E-state index in [1.807, 2.05) is 11.7 Å². The number of hydrogen-bond acceptors (Lipinski definition) is 2. The lowest BCUT2D eigenvalue weighted by Gasteiger charge is -2.24. The van der Waals surface area contributed by atoms with Crippen LogP contribution in [0.3, 0.4) is 0 Å². The number of aromatic nitrogens is 4. The van der Waals surface area contributed by atoms with Crippen molar-refractivity contribution in [3.8, 4) is 0 Å². The maximum absolute atomic E-state index is 6.10. The molecule has 0 N–H and O–H groups in total. The molecule has 0 atom stereocenters. The summed E-state index contributed by atoms with van der Waals surface area (Å²) in [5.41, 5.74) is 3.44. The summed E-state index contributed by atoms with van der Waals surface area (Å²) < 4.78 is 4.20. The van der Waals surface area contributed by atoms with Gasteiger partial charge in [-0.1, -0.05) is 34.1 Å². The Morgan fingerprint density at radius 1 is 1.25 bits per heavy atom. The van der Waals surface area contributed by atoms with Gasteiger partial charge in [0.05, 0.1) is 11.6 Å². The zero-order valence-corrected chi connectivity index (χ0v) is 14.0. The van der Waals surface area contributed by atoms with Crippen molar-refractivity contribution in [2.75, 3.05) is 0 Å². The van der Waals surface area contributed by atoms with Crippen LogP contribution in [0.25, 0.3) is 11.2 Å². The highest BCUT2D eigenvalue weighted by Crippen LogP contribution is 2.28. The van der Waals surface area contributed by atoms with Gasteiger partial charge >= 0.3 is 0 Å². The molecule has 112 valence electrons. The molecule has 0 fully saturated rings. The van der Waals surface area contributed by atoms with Crippen molar-refractivity contribution in [1.82, 2.24) is 19.3 Å². The van der Waals surface area contributed by atoms with Gasteiger partial charge in [0.25, 0.3) is 0 Å². The summed E-state index contributed by atoms with van der Waals surface area (Å²) in [7, 11) is 2.00. The molecule has 0 saturated carbocycles. The molecular weight excluding hydrogens is 272 g/mol. The van der Waals surface area contributed by atoms with Crippen LogP contribution in [0, 0.1) is 5.41 Å². The molecule has 2 heterocycles. The number of nitrogens with zero attached hydrogens (tertiary/aromatic N) is 4. The molecule has 0 radical (unpaired) electrons. The first-order valence-corrected chi connectivity index (χ1v) is 7.94. The van der Waals surface area contributed by atoms with E-state index >= 15 is 0 Å². The predicted octanol–water partition coefficient (Wildman–Crippen LogP) is 3.90. The van der Waals surface area contributed by atoms with Crippen LogP contribution in [-0.2, 0) is 25.9 Å². The number of imidazole rings is 1. The first kappa shape index (κ1) is 15.4. The van der Waals surface area contributed by atoms with Crippen LogP contribution in [-0.4, -0.2) is 19.3 Å². The molecule has 2 aromatic rings. The minimum atomic E-state index is 0.226. The second-order valence-electron chi connectivity index (χ2n) is 6.26. The lowest BCUT2D eigenvalue weighted by molar-refractivity contribution is 0.293. The topological polar surface area (TPSA) is 35.6 Å². The molecule has 0 aliphatic heterocycles. The molecule has 0 aliphatic carbocycles. The summed E-state index contributed by atoms with van der Waals surface area (Å²) in [6, 6.07) is 0. The van der Waals surface area contributed by atoms with Crippen LogP contribution in [0.15, 0.2) is 0 Å². The van der Waals surface area contributed by atoms with Crippen LogP contribution in [0.5, 0.6) is 0 Å². The van der Waals surface area contributed by atoms with Crippen LogP contribution in [0.1, 0.15) is 52.1 Å². The first-order chi connectivity index (χ1) is 9.43. The summed E-state index contributed by atoms with van der Waals surface area (Å²) in [5.74, 6) is 1.40. The molecule has 0 saturated heterocycles. The standard InChI is InChI=1S/C15H25ClN4/c1-6-8-11-13-14(19(5)18-11)20(12(9-16)17-13)10-15(3,4)7-2/h6-10H2,1-5H3. The van der Waals surface area contributed by atoms with Crippen molar-refractivity contribution in [3.63, 3.8) is 0 Å². The number of hydrogen-bond donors (Lipinski definition) is 0. The molecule has 2 aromatic heterocycles. The van der Waals surface area contributed by atoms with Gasteiger partial charge in [-0.25, -0.2) is 4.98 Å². The molecule has 2 rings (SSSR count). The van der Waals surface area contributed by atoms with Crippen LogP contribution in [0.2, 0.25) is 0 Å². The molecule has 0 unspecified atom stereocenters. The van der Waals surface area contributed by atoms with E-state index in [2.05, 4.69) is 37.4 Å². The van der Waals surface area contributed by atoms with Crippen LogP contribution >= 0.6 is 11.6 Å². The SMILES string of the molecule is CCCc1nn(C)c2c1nc(CCl)n2CC(C)(C)CC. The summed E-state index contributed by atoms with van der Waals surface area (Å²) in [6.45, 7) is 9.87. The monoisotopic (exact) mass is 296 g/mol. The smallest absolute Gasteiger partial charge is 0.158 e. The number of fused-ring (bicyclic) bond motifs is 1. The van der Waals surface area contributed by atoms with Crippen molar-refractivity contribution in [2.24, 2.45) is 12.5 Å². The van der Waals surface area contributed by atoms with Crippen LogP contribution < -0.4 is 0 Å². The summed E-state index contributed by atoms with van der Waals surface area (Å²) in [4.78, 5) is 4.74. The highest BCUT2D eigenvalue weighted by atomic mass is 35.5. The molecule has 0 bridgehead atoms. The van der Waals surface area contributed by atoms with Gasteiger partial charge in [0.2, 0.25) is 0 Å². The van der Waals surface area contributed by atoms with Crippen molar-refractivity contribution < 1.29 is 0 Å². The second-order valence-corrected chi connectivity index (χ2v) is 6.53. The average Bonchev–Trinajstić information content (AvgIpc) is 2.89. The van der Waals surface area contributed by atoms with Crippen molar-refractivity contribution in [1.29, 1.82) is 0 Å². The van der Waals surface area contributed by atoms with E-state index in [-0.39, 0.29) is 5.41 Å². The maximum atomic E-state index is 6.10. The predicted molar refractivity (Wildman–Crippen MR) is 84.1 cm³/mol. The second kappa shape index (κ2) is 5.76. The maximum Gasteiger partial charge on any atom is 0.158 e. The minimum absolute atomic E-state index is 0.226. The number of rotatable bonds is 6.